The minimum absolute atomic E-state index is 0.149. The molecule has 2 aromatic carbocycles. The molecule has 0 aliphatic carbocycles. The van der Waals surface area contributed by atoms with Gasteiger partial charge < -0.3 is 16.8 Å². The quantitative estimate of drug-likeness (QED) is 0.514. The molecule has 1 atom stereocenters. The van der Waals surface area contributed by atoms with Gasteiger partial charge in [-0.3, -0.25) is 0 Å². The van der Waals surface area contributed by atoms with Gasteiger partial charge in [0.25, 0.3) is 0 Å². The lowest BCUT2D eigenvalue weighted by Gasteiger charge is -2.26. The number of nitrogens with two attached hydrogens (primary N) is 2. The average molecular weight is 425 g/mol. The fourth-order valence-corrected chi connectivity index (χ4v) is 3.25. The van der Waals surface area contributed by atoms with Gasteiger partial charge in [-0.05, 0) is 42.0 Å². The van der Waals surface area contributed by atoms with Gasteiger partial charge in [0.1, 0.15) is 17.9 Å². The Kier molecular flexibility index (Phi) is 4.84. The predicted molar refractivity (Wildman–Crippen MR) is 112 cm³/mol. The molecule has 0 fully saturated rings. The van der Waals surface area contributed by atoms with Crippen molar-refractivity contribution in [3.63, 3.8) is 0 Å². The van der Waals surface area contributed by atoms with Crippen molar-refractivity contribution in [2.24, 2.45) is 16.0 Å². The van der Waals surface area contributed by atoms with Crippen LogP contribution >= 0.6 is 23.2 Å². The molecule has 0 saturated heterocycles. The van der Waals surface area contributed by atoms with Gasteiger partial charge in [0.15, 0.2) is 17.3 Å². The van der Waals surface area contributed by atoms with Crippen LogP contribution < -0.4 is 16.8 Å². The molecule has 10 heteroatoms. The van der Waals surface area contributed by atoms with Crippen molar-refractivity contribution in [1.82, 2.24) is 9.78 Å². The molecule has 0 radical (unpaired) electrons. The Morgan fingerprint density at radius 1 is 1.00 bits per heavy atom. The molecule has 144 valence electrons. The van der Waals surface area contributed by atoms with Crippen LogP contribution in [0.5, 0.6) is 0 Å². The number of hydrogen-bond acceptors (Lipinski definition) is 7. The first-order valence-corrected chi connectivity index (χ1v) is 9.21. The van der Waals surface area contributed by atoms with Crippen LogP contribution in [0, 0.1) is 11.3 Å². The van der Waals surface area contributed by atoms with Gasteiger partial charge in [-0.15, -0.1) is 5.11 Å². The van der Waals surface area contributed by atoms with E-state index >= 15 is 0 Å². The Balaban J connectivity index is 1.80. The maximum atomic E-state index is 9.64. The van der Waals surface area contributed by atoms with Crippen LogP contribution in [-0.2, 0) is 0 Å². The first-order chi connectivity index (χ1) is 14.0. The highest BCUT2D eigenvalue weighted by Crippen LogP contribution is 2.42. The largest absolute Gasteiger partial charge is 0.384 e. The predicted octanol–water partition coefficient (Wildman–Crippen LogP) is 4.90. The Labute approximate surface area is 176 Å². The highest BCUT2D eigenvalue weighted by atomic mass is 35.5. The van der Waals surface area contributed by atoms with Gasteiger partial charge in [-0.1, -0.05) is 35.3 Å². The number of allylic oxidation sites excluding steroid dienone is 1. The van der Waals surface area contributed by atoms with E-state index in [0.29, 0.717) is 32.8 Å². The van der Waals surface area contributed by atoms with E-state index in [1.807, 2.05) is 0 Å². The fraction of sp³-hybridized carbons (Fsp3) is 0.0526. The Bertz CT molecular complexity index is 1170. The number of anilines is 2. The van der Waals surface area contributed by atoms with Crippen molar-refractivity contribution in [1.29, 1.82) is 5.26 Å². The van der Waals surface area contributed by atoms with Gasteiger partial charge in [-0.2, -0.15) is 15.5 Å². The topological polar surface area (TPSA) is 130 Å². The second-order valence-corrected chi connectivity index (χ2v) is 7.09. The van der Waals surface area contributed by atoms with Crippen molar-refractivity contribution in [3.8, 4) is 6.07 Å². The number of hydrogen-bond donors (Lipinski definition) is 3. The van der Waals surface area contributed by atoms with Crippen molar-refractivity contribution < 1.29 is 0 Å². The number of nitrogens with one attached hydrogen (secondary N) is 1. The molecule has 2 heterocycles. The summed E-state index contributed by atoms with van der Waals surface area (Å²) in [6, 6.07) is 15.5. The molecule has 5 N–H and O–H groups in total. The molecule has 1 aliphatic heterocycles. The molecular weight excluding hydrogens is 411 g/mol. The average Bonchev–Trinajstić information content (AvgIpc) is 3.02. The summed E-state index contributed by atoms with van der Waals surface area (Å²) >= 11 is 11.9. The Morgan fingerprint density at radius 2 is 1.62 bits per heavy atom. The van der Waals surface area contributed by atoms with E-state index in [1.165, 1.54) is 0 Å². The van der Waals surface area contributed by atoms with Gasteiger partial charge in [0.05, 0.1) is 11.3 Å². The van der Waals surface area contributed by atoms with Crippen LogP contribution in [0.4, 0.5) is 23.0 Å². The molecule has 29 heavy (non-hydrogen) atoms. The van der Waals surface area contributed by atoms with Gasteiger partial charge >= 0.3 is 0 Å². The second-order valence-electron chi connectivity index (χ2n) is 6.22. The van der Waals surface area contributed by atoms with E-state index in [2.05, 4.69) is 26.7 Å². The van der Waals surface area contributed by atoms with Crippen molar-refractivity contribution in [3.05, 3.63) is 75.5 Å². The second kappa shape index (κ2) is 7.47. The molecule has 4 rings (SSSR count). The van der Waals surface area contributed by atoms with E-state index in [9.17, 15) is 5.26 Å². The summed E-state index contributed by atoms with van der Waals surface area (Å²) in [7, 11) is 0. The lowest BCUT2D eigenvalue weighted by Crippen LogP contribution is -2.28. The number of aromatic nitrogens is 2. The van der Waals surface area contributed by atoms with E-state index in [0.717, 1.165) is 5.56 Å². The highest BCUT2D eigenvalue weighted by molar-refractivity contribution is 6.30. The summed E-state index contributed by atoms with van der Waals surface area (Å²) in [5, 5.41) is 26.6. The van der Waals surface area contributed by atoms with Crippen molar-refractivity contribution in [2.45, 2.75) is 6.04 Å². The minimum Gasteiger partial charge on any atom is -0.384 e. The number of rotatable bonds is 3. The molecular formula is C19H14Cl2N8. The molecule has 0 amide bonds. The van der Waals surface area contributed by atoms with Crippen LogP contribution in [0.1, 0.15) is 11.6 Å². The summed E-state index contributed by atoms with van der Waals surface area (Å²) < 4.78 is 1.57. The minimum atomic E-state index is -0.574. The third-order valence-electron chi connectivity index (χ3n) is 4.37. The first kappa shape index (κ1) is 18.8. The van der Waals surface area contributed by atoms with E-state index in [-0.39, 0.29) is 11.6 Å². The number of benzene rings is 2. The Hall–Kier alpha value is -3.54. The standard InChI is InChI=1S/C19H14Cl2N8/c20-11-3-1-10(2-4-11)16-14(9-22)17(23)25-19-15(18(24)28-29(16)19)27-26-13-7-5-12(21)6-8-13/h1-8,16,25H,23H2,(H2,24,28). The SMILES string of the molecule is N#CC1=C(N)Nc2c(N=Nc3ccc(Cl)cc3)c(N)nn2C1c1ccc(Cl)cc1. The molecule has 1 unspecified atom stereocenters. The van der Waals surface area contributed by atoms with Gasteiger partial charge in [0.2, 0.25) is 0 Å². The third-order valence-corrected chi connectivity index (χ3v) is 4.87. The zero-order valence-electron chi connectivity index (χ0n) is 14.8. The molecule has 1 aliphatic rings. The van der Waals surface area contributed by atoms with E-state index in [4.69, 9.17) is 34.7 Å². The monoisotopic (exact) mass is 424 g/mol. The zero-order chi connectivity index (χ0) is 20.5. The lowest BCUT2D eigenvalue weighted by molar-refractivity contribution is 0.589. The molecule has 0 saturated carbocycles. The molecule has 0 spiro atoms. The lowest BCUT2D eigenvalue weighted by atomic mass is 9.98. The zero-order valence-corrected chi connectivity index (χ0v) is 16.4. The summed E-state index contributed by atoms with van der Waals surface area (Å²) in [6.07, 6.45) is 0. The molecule has 8 nitrogen and oxygen atoms in total. The highest BCUT2D eigenvalue weighted by Gasteiger charge is 2.32. The summed E-state index contributed by atoms with van der Waals surface area (Å²) in [6.45, 7) is 0. The molecule has 1 aromatic heterocycles. The molecule has 0 bridgehead atoms. The van der Waals surface area contributed by atoms with Gasteiger partial charge in [-0.25, -0.2) is 4.68 Å². The van der Waals surface area contributed by atoms with Crippen molar-refractivity contribution in [2.75, 3.05) is 11.1 Å². The maximum absolute atomic E-state index is 9.64. The van der Waals surface area contributed by atoms with Crippen LogP contribution in [0.25, 0.3) is 0 Å². The Morgan fingerprint density at radius 3 is 2.24 bits per heavy atom. The van der Waals surface area contributed by atoms with Crippen LogP contribution in [-0.4, -0.2) is 9.78 Å². The first-order valence-electron chi connectivity index (χ1n) is 8.45. The van der Waals surface area contributed by atoms with Crippen LogP contribution in [0.2, 0.25) is 10.0 Å². The number of halogens is 2. The third kappa shape index (κ3) is 3.49. The maximum Gasteiger partial charge on any atom is 0.175 e. The summed E-state index contributed by atoms with van der Waals surface area (Å²) in [5.74, 6) is 0.788. The van der Waals surface area contributed by atoms with E-state index < -0.39 is 6.04 Å². The number of nitrogens with zero attached hydrogens (tertiary/aromatic N) is 5. The smallest absolute Gasteiger partial charge is 0.175 e. The fourth-order valence-electron chi connectivity index (χ4n) is 3.00. The summed E-state index contributed by atoms with van der Waals surface area (Å²) in [5.41, 5.74) is 14.2. The number of fused-ring (bicyclic) bond motifs is 1. The number of nitriles is 1. The van der Waals surface area contributed by atoms with Crippen LogP contribution in [0.15, 0.2) is 70.2 Å². The summed E-state index contributed by atoms with van der Waals surface area (Å²) in [4.78, 5) is 0. The van der Waals surface area contributed by atoms with Crippen LogP contribution in [0.3, 0.4) is 0 Å². The number of azo groups is 1. The van der Waals surface area contributed by atoms with Gasteiger partial charge in [0, 0.05) is 10.0 Å². The van der Waals surface area contributed by atoms with Crippen molar-refractivity contribution >= 4 is 46.2 Å². The molecule has 3 aromatic rings. The van der Waals surface area contributed by atoms with E-state index in [1.54, 1.807) is 53.2 Å². The normalized spacial score (nSPS) is 15.8. The number of nitrogen functional groups attached to an aromatic ring is 1.